The van der Waals surface area contributed by atoms with Crippen molar-refractivity contribution in [3.8, 4) is 0 Å². The molecule has 1 aromatic carbocycles. The Morgan fingerprint density at radius 3 is 3.00 bits per heavy atom. The highest BCUT2D eigenvalue weighted by atomic mass is 16.3. The Balaban J connectivity index is 2.10. The van der Waals surface area contributed by atoms with Gasteiger partial charge in [-0.05, 0) is 31.6 Å². The first-order valence-corrected chi connectivity index (χ1v) is 7.08. The van der Waals surface area contributed by atoms with Crippen molar-refractivity contribution < 1.29 is 9.90 Å². The van der Waals surface area contributed by atoms with Crippen molar-refractivity contribution in [3.05, 3.63) is 23.8 Å². The average molecular weight is 275 g/mol. The molecule has 3 unspecified atom stereocenters. The Morgan fingerprint density at radius 2 is 2.30 bits per heavy atom. The van der Waals surface area contributed by atoms with Crippen LogP contribution >= 0.6 is 0 Å². The Bertz CT molecular complexity index is 520. The van der Waals surface area contributed by atoms with E-state index in [0.29, 0.717) is 12.2 Å². The van der Waals surface area contributed by atoms with Crippen molar-refractivity contribution in [2.75, 3.05) is 37.4 Å². The van der Waals surface area contributed by atoms with E-state index in [1.54, 1.807) is 0 Å². The first-order valence-electron chi connectivity index (χ1n) is 7.08. The maximum atomic E-state index is 11.1. The number of anilines is 2. The second-order valence-electron chi connectivity index (χ2n) is 5.68. The van der Waals surface area contributed by atoms with E-state index >= 15 is 0 Å². The quantitative estimate of drug-likeness (QED) is 0.801. The average Bonchev–Trinajstić information content (AvgIpc) is 2.80. The lowest BCUT2D eigenvalue weighted by Crippen LogP contribution is -2.49. The van der Waals surface area contributed by atoms with Crippen LogP contribution in [0.15, 0.2) is 18.2 Å². The van der Waals surface area contributed by atoms with Crippen LogP contribution in [-0.4, -0.2) is 55.7 Å². The van der Waals surface area contributed by atoms with E-state index in [1.807, 2.05) is 24.1 Å². The highest BCUT2D eigenvalue weighted by Crippen LogP contribution is 2.48. The molecule has 1 fully saturated rings. The number of nitrogens with zero attached hydrogens (tertiary/aromatic N) is 2. The molecule has 108 valence electrons. The molecule has 0 bridgehead atoms. The number of likely N-dealkylation sites (tertiary alicyclic amines) is 1. The van der Waals surface area contributed by atoms with Gasteiger partial charge in [0.15, 0.2) is 12.5 Å². The van der Waals surface area contributed by atoms with Crippen molar-refractivity contribution in [2.24, 2.45) is 0 Å². The number of aldehydes is 1. The summed E-state index contributed by atoms with van der Waals surface area (Å²) >= 11 is 0. The summed E-state index contributed by atoms with van der Waals surface area (Å²) in [7, 11) is 3.99. The van der Waals surface area contributed by atoms with Gasteiger partial charge in [-0.25, -0.2) is 0 Å². The van der Waals surface area contributed by atoms with E-state index in [0.717, 1.165) is 30.9 Å². The van der Waals surface area contributed by atoms with Gasteiger partial charge < -0.3 is 20.2 Å². The van der Waals surface area contributed by atoms with Crippen LogP contribution in [0.5, 0.6) is 0 Å². The van der Waals surface area contributed by atoms with Crippen molar-refractivity contribution in [2.45, 2.75) is 24.6 Å². The Labute approximate surface area is 119 Å². The lowest BCUT2D eigenvalue weighted by Gasteiger charge is -2.38. The normalized spacial score (nSPS) is 26.9. The lowest BCUT2D eigenvalue weighted by molar-refractivity contribution is -0.115. The molecule has 1 saturated heterocycles. The molecule has 1 aromatic rings. The molecule has 0 radical (unpaired) electrons. The summed E-state index contributed by atoms with van der Waals surface area (Å²) in [6.07, 6.45) is 0.516. The molecule has 2 N–H and O–H groups in total. The third-order valence-corrected chi connectivity index (χ3v) is 4.54. The van der Waals surface area contributed by atoms with Crippen LogP contribution in [-0.2, 0) is 4.79 Å². The first-order chi connectivity index (χ1) is 9.67. The van der Waals surface area contributed by atoms with Crippen LogP contribution in [0.4, 0.5) is 11.4 Å². The first kappa shape index (κ1) is 13.4. The second kappa shape index (κ2) is 5.07. The summed E-state index contributed by atoms with van der Waals surface area (Å²) in [5.74, 6) is 0.353. The van der Waals surface area contributed by atoms with Gasteiger partial charge >= 0.3 is 0 Å². The molecule has 0 saturated carbocycles. The van der Waals surface area contributed by atoms with Gasteiger partial charge in [0.25, 0.3) is 0 Å². The standard InChI is InChI=1S/C15H21N3O2/c1-16-12-5-3-4-10-11-8-17(2)7-6-13(11)18(15(10)12)14(20)9-19/h3-5,9,11,13-14,16,20H,6-8H2,1-2H3. The van der Waals surface area contributed by atoms with Gasteiger partial charge in [0.05, 0.1) is 11.4 Å². The van der Waals surface area contributed by atoms with Crippen molar-refractivity contribution in [3.63, 3.8) is 0 Å². The van der Waals surface area contributed by atoms with E-state index in [2.05, 4.69) is 23.3 Å². The fraction of sp³-hybridized carbons (Fsp3) is 0.533. The van der Waals surface area contributed by atoms with Gasteiger partial charge in [-0.1, -0.05) is 12.1 Å². The van der Waals surface area contributed by atoms with Crippen molar-refractivity contribution in [1.82, 2.24) is 4.90 Å². The van der Waals surface area contributed by atoms with Crippen LogP contribution in [0.25, 0.3) is 0 Å². The highest BCUT2D eigenvalue weighted by molar-refractivity contribution is 5.81. The van der Waals surface area contributed by atoms with Crippen molar-refractivity contribution >= 4 is 17.7 Å². The van der Waals surface area contributed by atoms with E-state index < -0.39 is 6.23 Å². The largest absolute Gasteiger partial charge is 0.386 e. The van der Waals surface area contributed by atoms with Crippen LogP contribution < -0.4 is 10.2 Å². The smallest absolute Gasteiger partial charge is 0.184 e. The number of hydrogen-bond acceptors (Lipinski definition) is 5. The number of fused-ring (bicyclic) bond motifs is 3. The Hall–Kier alpha value is -1.59. The zero-order valence-electron chi connectivity index (χ0n) is 11.9. The number of carbonyl (C=O) groups excluding carboxylic acids is 1. The van der Waals surface area contributed by atoms with Gasteiger partial charge in [0.2, 0.25) is 0 Å². The van der Waals surface area contributed by atoms with Gasteiger partial charge in [-0.15, -0.1) is 0 Å². The number of likely N-dealkylation sites (N-methyl/N-ethyl adjacent to an activating group) is 1. The van der Waals surface area contributed by atoms with Crippen LogP contribution in [0, 0.1) is 0 Å². The van der Waals surface area contributed by atoms with Gasteiger partial charge in [-0.2, -0.15) is 0 Å². The SMILES string of the molecule is CNc1cccc2c1N(C(O)C=O)C1CCN(C)CC21. The zero-order valence-corrected chi connectivity index (χ0v) is 11.9. The molecule has 0 spiro atoms. The van der Waals surface area contributed by atoms with Crippen LogP contribution in [0.3, 0.4) is 0 Å². The molecule has 0 amide bonds. The predicted octanol–water partition coefficient (Wildman–Crippen LogP) is 0.853. The number of para-hydroxylation sites is 1. The molecule has 5 heteroatoms. The monoisotopic (exact) mass is 275 g/mol. The van der Waals surface area contributed by atoms with E-state index in [-0.39, 0.29) is 6.04 Å². The topological polar surface area (TPSA) is 55.8 Å². The second-order valence-corrected chi connectivity index (χ2v) is 5.68. The molecular formula is C15H21N3O2. The lowest BCUT2D eigenvalue weighted by atomic mass is 9.89. The minimum absolute atomic E-state index is 0.205. The molecule has 3 rings (SSSR count). The summed E-state index contributed by atoms with van der Waals surface area (Å²) in [5, 5.41) is 13.3. The molecule has 5 nitrogen and oxygen atoms in total. The maximum absolute atomic E-state index is 11.1. The number of nitrogens with one attached hydrogen (secondary N) is 1. The molecular weight excluding hydrogens is 254 g/mol. The number of benzene rings is 1. The Kier molecular flexibility index (Phi) is 3.40. The van der Waals surface area contributed by atoms with E-state index in [4.69, 9.17) is 0 Å². The summed E-state index contributed by atoms with van der Waals surface area (Å²) in [4.78, 5) is 15.3. The summed E-state index contributed by atoms with van der Waals surface area (Å²) in [6, 6.07) is 6.35. The predicted molar refractivity (Wildman–Crippen MR) is 79.2 cm³/mol. The summed E-state index contributed by atoms with van der Waals surface area (Å²) in [5.41, 5.74) is 3.19. The number of carbonyl (C=O) groups is 1. The molecule has 0 aromatic heterocycles. The van der Waals surface area contributed by atoms with Crippen LogP contribution in [0.1, 0.15) is 17.9 Å². The molecule has 3 atom stereocenters. The third-order valence-electron chi connectivity index (χ3n) is 4.54. The number of piperidine rings is 1. The molecule has 2 aliphatic heterocycles. The Morgan fingerprint density at radius 1 is 1.50 bits per heavy atom. The maximum Gasteiger partial charge on any atom is 0.184 e. The van der Waals surface area contributed by atoms with E-state index in [9.17, 15) is 9.90 Å². The molecule has 2 heterocycles. The van der Waals surface area contributed by atoms with Crippen LogP contribution in [0.2, 0.25) is 0 Å². The highest BCUT2D eigenvalue weighted by Gasteiger charge is 2.44. The summed E-state index contributed by atoms with van der Waals surface area (Å²) < 4.78 is 0. The fourth-order valence-corrected chi connectivity index (χ4v) is 3.65. The minimum Gasteiger partial charge on any atom is -0.386 e. The molecule has 0 aliphatic carbocycles. The number of hydrogen-bond donors (Lipinski definition) is 2. The van der Waals surface area contributed by atoms with Crippen molar-refractivity contribution in [1.29, 1.82) is 0 Å². The third kappa shape index (κ3) is 1.89. The zero-order chi connectivity index (χ0) is 14.3. The molecule has 2 aliphatic rings. The number of aliphatic hydroxyl groups is 1. The minimum atomic E-state index is -1.07. The number of rotatable bonds is 3. The molecule has 20 heavy (non-hydrogen) atoms. The summed E-state index contributed by atoms with van der Waals surface area (Å²) in [6.45, 7) is 1.96. The number of aliphatic hydroxyl groups excluding tert-OH is 1. The van der Waals surface area contributed by atoms with E-state index in [1.165, 1.54) is 5.56 Å². The fourth-order valence-electron chi connectivity index (χ4n) is 3.65. The van der Waals surface area contributed by atoms with Gasteiger partial charge in [-0.3, -0.25) is 4.79 Å². The van der Waals surface area contributed by atoms with Gasteiger partial charge in [0.1, 0.15) is 0 Å². The van der Waals surface area contributed by atoms with Gasteiger partial charge in [0, 0.05) is 25.6 Å².